The second-order valence-electron chi connectivity index (χ2n) is 5.02. The fraction of sp³-hybridized carbons (Fsp3) is 0.278. The van der Waals surface area contributed by atoms with Crippen LogP contribution in [0, 0.1) is 6.92 Å². The van der Waals surface area contributed by atoms with E-state index in [4.69, 9.17) is 4.74 Å². The van der Waals surface area contributed by atoms with Crippen LogP contribution in [-0.2, 0) is 13.1 Å². The zero-order valence-electron chi connectivity index (χ0n) is 13.4. The van der Waals surface area contributed by atoms with E-state index in [0.717, 1.165) is 23.8 Å². The van der Waals surface area contributed by atoms with Crippen LogP contribution < -0.4 is 15.4 Å². The van der Waals surface area contributed by atoms with Crippen molar-refractivity contribution in [3.8, 4) is 5.75 Å². The summed E-state index contributed by atoms with van der Waals surface area (Å²) in [6.07, 6.45) is 0. The molecule has 0 unspecified atom stereocenters. The zero-order chi connectivity index (χ0) is 15.8. The average molecular weight is 297 g/mol. The number of benzene rings is 2. The lowest BCUT2D eigenvalue weighted by atomic mass is 10.1. The Morgan fingerprint density at radius 2 is 1.55 bits per heavy atom. The molecule has 4 nitrogen and oxygen atoms in total. The number of aryl methyl sites for hydroxylation is 1. The molecule has 0 fully saturated rings. The molecule has 2 N–H and O–H groups in total. The summed E-state index contributed by atoms with van der Waals surface area (Å²) in [5.41, 5.74) is 3.64. The molecule has 4 heteroatoms. The lowest BCUT2D eigenvalue weighted by Crippen LogP contribution is -2.36. The number of hydrogen-bond donors (Lipinski definition) is 2. The fourth-order valence-electron chi connectivity index (χ4n) is 2.24. The van der Waals surface area contributed by atoms with Crippen molar-refractivity contribution in [2.75, 3.05) is 14.2 Å². The highest BCUT2D eigenvalue weighted by molar-refractivity contribution is 5.79. The van der Waals surface area contributed by atoms with Crippen molar-refractivity contribution < 1.29 is 4.74 Å². The first kappa shape index (κ1) is 15.9. The van der Waals surface area contributed by atoms with Gasteiger partial charge in [-0.2, -0.15) is 0 Å². The smallest absolute Gasteiger partial charge is 0.191 e. The molecule has 0 atom stereocenters. The Morgan fingerprint density at radius 1 is 0.955 bits per heavy atom. The summed E-state index contributed by atoms with van der Waals surface area (Å²) in [5, 5.41) is 6.64. The van der Waals surface area contributed by atoms with Crippen LogP contribution in [0.15, 0.2) is 53.5 Å². The van der Waals surface area contributed by atoms with Crippen LogP contribution in [0.5, 0.6) is 5.75 Å². The molecular weight excluding hydrogens is 274 g/mol. The maximum Gasteiger partial charge on any atom is 0.191 e. The van der Waals surface area contributed by atoms with E-state index in [1.54, 1.807) is 14.2 Å². The Kier molecular flexibility index (Phi) is 5.83. The van der Waals surface area contributed by atoms with Crippen LogP contribution in [-0.4, -0.2) is 20.1 Å². The Morgan fingerprint density at radius 3 is 2.18 bits per heavy atom. The van der Waals surface area contributed by atoms with Gasteiger partial charge in [-0.15, -0.1) is 0 Å². The molecule has 0 aliphatic carbocycles. The van der Waals surface area contributed by atoms with E-state index < -0.39 is 0 Å². The topological polar surface area (TPSA) is 45.7 Å². The molecule has 0 aliphatic heterocycles. The predicted molar refractivity (Wildman–Crippen MR) is 91.2 cm³/mol. The van der Waals surface area contributed by atoms with Gasteiger partial charge in [-0.05, 0) is 24.1 Å². The summed E-state index contributed by atoms with van der Waals surface area (Å²) < 4.78 is 5.36. The minimum Gasteiger partial charge on any atom is -0.496 e. The van der Waals surface area contributed by atoms with E-state index in [9.17, 15) is 0 Å². The summed E-state index contributed by atoms with van der Waals surface area (Å²) in [5.74, 6) is 1.65. The SMILES string of the molecule is CN=C(NCc1ccccc1C)NCc1ccccc1OC. The van der Waals surface area contributed by atoms with Crippen molar-refractivity contribution in [3.63, 3.8) is 0 Å². The molecule has 0 spiro atoms. The van der Waals surface area contributed by atoms with Crippen LogP contribution in [0.2, 0.25) is 0 Å². The number of para-hydroxylation sites is 1. The van der Waals surface area contributed by atoms with Crippen molar-refractivity contribution in [1.82, 2.24) is 10.6 Å². The van der Waals surface area contributed by atoms with Gasteiger partial charge in [0.25, 0.3) is 0 Å². The van der Waals surface area contributed by atoms with Gasteiger partial charge in [-0.1, -0.05) is 42.5 Å². The number of guanidine groups is 1. The Balaban J connectivity index is 1.92. The average Bonchev–Trinajstić information content (AvgIpc) is 2.56. The van der Waals surface area contributed by atoms with Crippen molar-refractivity contribution in [1.29, 1.82) is 0 Å². The number of hydrogen-bond acceptors (Lipinski definition) is 2. The van der Waals surface area contributed by atoms with E-state index in [2.05, 4.69) is 40.7 Å². The highest BCUT2D eigenvalue weighted by Crippen LogP contribution is 2.16. The van der Waals surface area contributed by atoms with Gasteiger partial charge in [0.2, 0.25) is 0 Å². The van der Waals surface area contributed by atoms with Crippen LogP contribution >= 0.6 is 0 Å². The van der Waals surface area contributed by atoms with E-state index in [-0.39, 0.29) is 0 Å². The second kappa shape index (κ2) is 8.08. The molecule has 0 bridgehead atoms. The molecule has 0 saturated heterocycles. The molecule has 0 heterocycles. The largest absolute Gasteiger partial charge is 0.496 e. The van der Waals surface area contributed by atoms with Gasteiger partial charge in [0.1, 0.15) is 5.75 Å². The summed E-state index contributed by atoms with van der Waals surface area (Å²) in [6, 6.07) is 16.3. The molecule has 2 aromatic carbocycles. The summed E-state index contributed by atoms with van der Waals surface area (Å²) in [7, 11) is 3.46. The molecule has 0 saturated carbocycles. The normalized spacial score (nSPS) is 11.1. The lowest BCUT2D eigenvalue weighted by molar-refractivity contribution is 0.409. The van der Waals surface area contributed by atoms with Gasteiger partial charge in [-0.25, -0.2) is 0 Å². The lowest BCUT2D eigenvalue weighted by Gasteiger charge is -2.14. The van der Waals surface area contributed by atoms with E-state index in [1.165, 1.54) is 11.1 Å². The first-order valence-corrected chi connectivity index (χ1v) is 7.35. The van der Waals surface area contributed by atoms with Crippen LogP contribution in [0.1, 0.15) is 16.7 Å². The minimum absolute atomic E-state index is 0.664. The van der Waals surface area contributed by atoms with E-state index in [1.807, 2.05) is 30.3 Å². The molecule has 0 radical (unpaired) electrons. The number of rotatable bonds is 5. The molecule has 0 amide bonds. The third kappa shape index (κ3) is 4.25. The van der Waals surface area contributed by atoms with Crippen LogP contribution in [0.4, 0.5) is 0 Å². The van der Waals surface area contributed by atoms with Gasteiger partial charge < -0.3 is 15.4 Å². The summed E-state index contributed by atoms with van der Waals surface area (Å²) >= 11 is 0. The highest BCUT2D eigenvalue weighted by atomic mass is 16.5. The Labute approximate surface area is 132 Å². The molecule has 0 aliphatic rings. The van der Waals surface area contributed by atoms with Crippen molar-refractivity contribution in [2.24, 2.45) is 4.99 Å². The van der Waals surface area contributed by atoms with Gasteiger partial charge in [0.05, 0.1) is 7.11 Å². The zero-order valence-corrected chi connectivity index (χ0v) is 13.4. The van der Waals surface area contributed by atoms with Crippen molar-refractivity contribution >= 4 is 5.96 Å². The molecule has 2 rings (SSSR count). The Bertz CT molecular complexity index is 638. The molecule has 2 aromatic rings. The van der Waals surface area contributed by atoms with Crippen molar-refractivity contribution in [3.05, 3.63) is 65.2 Å². The number of nitrogens with one attached hydrogen (secondary N) is 2. The quantitative estimate of drug-likeness (QED) is 0.659. The Hall–Kier alpha value is -2.49. The first-order valence-electron chi connectivity index (χ1n) is 7.35. The number of methoxy groups -OCH3 is 1. The van der Waals surface area contributed by atoms with E-state index in [0.29, 0.717) is 6.54 Å². The maximum absolute atomic E-state index is 5.36. The van der Waals surface area contributed by atoms with E-state index >= 15 is 0 Å². The minimum atomic E-state index is 0.664. The first-order chi connectivity index (χ1) is 10.7. The van der Waals surface area contributed by atoms with Crippen LogP contribution in [0.25, 0.3) is 0 Å². The predicted octanol–water partition coefficient (Wildman–Crippen LogP) is 2.87. The second-order valence-corrected chi connectivity index (χ2v) is 5.02. The molecular formula is C18H23N3O. The maximum atomic E-state index is 5.36. The van der Waals surface area contributed by atoms with Gasteiger partial charge in [-0.3, -0.25) is 4.99 Å². The number of aliphatic imine (C=N–C) groups is 1. The molecule has 0 aromatic heterocycles. The molecule has 116 valence electrons. The third-order valence-electron chi connectivity index (χ3n) is 3.57. The highest BCUT2D eigenvalue weighted by Gasteiger charge is 2.04. The monoisotopic (exact) mass is 297 g/mol. The van der Waals surface area contributed by atoms with Gasteiger partial charge >= 0.3 is 0 Å². The number of ether oxygens (including phenoxy) is 1. The number of nitrogens with zero attached hydrogens (tertiary/aromatic N) is 1. The van der Waals surface area contributed by atoms with Gasteiger partial charge in [0.15, 0.2) is 5.96 Å². The third-order valence-corrected chi connectivity index (χ3v) is 3.57. The van der Waals surface area contributed by atoms with Crippen LogP contribution in [0.3, 0.4) is 0 Å². The summed E-state index contributed by atoms with van der Waals surface area (Å²) in [6.45, 7) is 3.53. The standard InChI is InChI=1S/C18H23N3O/c1-14-8-4-5-9-15(14)12-20-18(19-2)21-13-16-10-6-7-11-17(16)22-3/h4-11H,12-13H2,1-3H3,(H2,19,20,21). The van der Waals surface area contributed by atoms with Gasteiger partial charge in [0, 0.05) is 25.7 Å². The fourth-order valence-corrected chi connectivity index (χ4v) is 2.24. The summed E-state index contributed by atoms with van der Waals surface area (Å²) in [4.78, 5) is 4.26. The van der Waals surface area contributed by atoms with Crippen molar-refractivity contribution in [2.45, 2.75) is 20.0 Å². The molecule has 22 heavy (non-hydrogen) atoms.